The first kappa shape index (κ1) is 23.6. The van der Waals surface area contributed by atoms with Gasteiger partial charge in [0.05, 0.1) is 21.7 Å². The van der Waals surface area contributed by atoms with E-state index in [1.165, 1.54) is 0 Å². The predicted molar refractivity (Wildman–Crippen MR) is 138 cm³/mol. The number of para-hydroxylation sites is 1. The monoisotopic (exact) mass is 501 g/mol. The fraction of sp³-hybridized carbons (Fsp3) is 0.280. The number of carbonyl (C=O) groups is 1. The van der Waals surface area contributed by atoms with E-state index in [0.717, 1.165) is 39.0 Å². The Kier molecular flexibility index (Phi) is 7.27. The van der Waals surface area contributed by atoms with Gasteiger partial charge in [0.15, 0.2) is 5.13 Å². The molecule has 2 heterocycles. The summed E-state index contributed by atoms with van der Waals surface area (Å²) in [7, 11) is 0. The molecule has 4 rings (SSSR count). The number of aromatic nitrogens is 2. The normalized spacial score (nSPS) is 12.4. The van der Waals surface area contributed by atoms with Gasteiger partial charge in [0, 0.05) is 34.1 Å². The van der Waals surface area contributed by atoms with E-state index in [1.807, 2.05) is 42.6 Å². The lowest BCUT2D eigenvalue weighted by Crippen LogP contribution is -2.25. The molecule has 2 aromatic heterocycles. The van der Waals surface area contributed by atoms with Crippen molar-refractivity contribution in [1.29, 1.82) is 0 Å². The van der Waals surface area contributed by atoms with Gasteiger partial charge in [-0.2, -0.15) is 0 Å². The maximum atomic E-state index is 12.0. The number of halogens is 2. The fourth-order valence-electron chi connectivity index (χ4n) is 3.83. The van der Waals surface area contributed by atoms with Crippen molar-refractivity contribution in [3.63, 3.8) is 0 Å². The first-order valence-electron chi connectivity index (χ1n) is 10.8. The van der Waals surface area contributed by atoms with Crippen LogP contribution in [0.25, 0.3) is 22.2 Å². The molecule has 1 atom stereocenters. The van der Waals surface area contributed by atoms with Crippen molar-refractivity contribution >= 4 is 56.5 Å². The summed E-state index contributed by atoms with van der Waals surface area (Å²) in [5.74, 6) is -0.972. The summed E-state index contributed by atoms with van der Waals surface area (Å²) in [4.78, 5) is 21.1. The molecule has 172 valence electrons. The highest BCUT2D eigenvalue weighted by Gasteiger charge is 2.21. The third-order valence-corrected chi connectivity index (χ3v) is 7.25. The van der Waals surface area contributed by atoms with E-state index >= 15 is 0 Å². The van der Waals surface area contributed by atoms with Crippen molar-refractivity contribution in [2.45, 2.75) is 26.7 Å². The number of nitrogens with zero attached hydrogens (tertiary/aromatic N) is 1. The van der Waals surface area contributed by atoms with Crippen molar-refractivity contribution in [1.82, 2.24) is 9.97 Å². The Morgan fingerprint density at radius 2 is 1.94 bits per heavy atom. The zero-order valence-corrected chi connectivity index (χ0v) is 20.7. The van der Waals surface area contributed by atoms with Gasteiger partial charge in [-0.1, -0.05) is 61.3 Å². The largest absolute Gasteiger partial charge is 0.481 e. The number of anilines is 1. The second-order valence-electron chi connectivity index (χ2n) is 8.50. The molecule has 0 spiro atoms. The van der Waals surface area contributed by atoms with Gasteiger partial charge in [-0.15, -0.1) is 11.3 Å². The molecule has 33 heavy (non-hydrogen) atoms. The Balaban J connectivity index is 1.55. The van der Waals surface area contributed by atoms with Crippen LogP contribution in [0, 0.1) is 11.8 Å². The van der Waals surface area contributed by atoms with E-state index in [2.05, 4.69) is 24.1 Å². The third-order valence-electron chi connectivity index (χ3n) is 5.47. The molecule has 0 saturated heterocycles. The van der Waals surface area contributed by atoms with Crippen LogP contribution in [-0.4, -0.2) is 27.6 Å². The van der Waals surface area contributed by atoms with Gasteiger partial charge in [0.25, 0.3) is 0 Å². The summed E-state index contributed by atoms with van der Waals surface area (Å²) in [6, 6.07) is 13.4. The van der Waals surface area contributed by atoms with Gasteiger partial charge in [0.2, 0.25) is 0 Å². The molecule has 5 nitrogen and oxygen atoms in total. The maximum Gasteiger partial charge on any atom is 0.308 e. The second kappa shape index (κ2) is 10.2. The topological polar surface area (TPSA) is 78.0 Å². The zero-order chi connectivity index (χ0) is 23.5. The predicted octanol–water partition coefficient (Wildman–Crippen LogP) is 7.15. The van der Waals surface area contributed by atoms with Crippen LogP contribution in [-0.2, 0) is 17.6 Å². The molecule has 2 aromatic carbocycles. The average Bonchev–Trinajstić information content (AvgIpc) is 3.36. The standard InChI is InChI=1S/C25H25Cl2N3O2S/c1-14(2)9-22-23(15-7-8-19(26)20(27)11-15)30-25(33-22)29-13-17(24(31)32)10-16-12-28-21-6-4-3-5-18(16)21/h3-8,11-12,14,17,28H,9-10,13H2,1-2H3,(H,29,30)(H,31,32). The van der Waals surface area contributed by atoms with Crippen molar-refractivity contribution < 1.29 is 9.90 Å². The lowest BCUT2D eigenvalue weighted by Gasteiger charge is -2.12. The van der Waals surface area contributed by atoms with Crippen LogP contribution < -0.4 is 5.32 Å². The number of nitrogens with one attached hydrogen (secondary N) is 2. The zero-order valence-electron chi connectivity index (χ0n) is 18.4. The van der Waals surface area contributed by atoms with Crippen molar-refractivity contribution in [3.05, 3.63) is 69.1 Å². The van der Waals surface area contributed by atoms with E-state index in [1.54, 1.807) is 17.4 Å². The Morgan fingerprint density at radius 1 is 1.15 bits per heavy atom. The third kappa shape index (κ3) is 5.52. The quantitative estimate of drug-likeness (QED) is 0.227. The molecule has 0 aliphatic heterocycles. The smallest absolute Gasteiger partial charge is 0.308 e. The number of rotatable bonds is 9. The molecule has 0 amide bonds. The van der Waals surface area contributed by atoms with Crippen LogP contribution in [0.4, 0.5) is 5.13 Å². The SMILES string of the molecule is CC(C)Cc1sc(NCC(Cc2c[nH]c3ccccc23)C(=O)O)nc1-c1ccc(Cl)c(Cl)c1. The lowest BCUT2D eigenvalue weighted by molar-refractivity contribution is -0.141. The molecule has 3 N–H and O–H groups in total. The average molecular weight is 502 g/mol. The molecule has 1 unspecified atom stereocenters. The van der Waals surface area contributed by atoms with Crippen LogP contribution in [0.3, 0.4) is 0 Å². The van der Waals surface area contributed by atoms with E-state index in [-0.39, 0.29) is 6.54 Å². The minimum atomic E-state index is -0.837. The Labute approximate surface area is 206 Å². The summed E-state index contributed by atoms with van der Waals surface area (Å²) in [6.07, 6.45) is 3.19. The molecular formula is C25H25Cl2N3O2S. The van der Waals surface area contributed by atoms with Crippen LogP contribution in [0.1, 0.15) is 24.3 Å². The van der Waals surface area contributed by atoms with Crippen LogP contribution >= 0.6 is 34.5 Å². The molecule has 0 radical (unpaired) electrons. The molecule has 4 aromatic rings. The lowest BCUT2D eigenvalue weighted by atomic mass is 9.99. The van der Waals surface area contributed by atoms with Crippen LogP contribution in [0.2, 0.25) is 10.0 Å². The molecular weight excluding hydrogens is 477 g/mol. The highest BCUT2D eigenvalue weighted by molar-refractivity contribution is 7.16. The number of thiazole rings is 1. The highest BCUT2D eigenvalue weighted by atomic mass is 35.5. The molecule has 0 aliphatic carbocycles. The Bertz CT molecular complexity index is 1280. The molecule has 0 bridgehead atoms. The minimum absolute atomic E-state index is 0.282. The summed E-state index contributed by atoms with van der Waals surface area (Å²) in [6.45, 7) is 4.60. The number of H-pyrrole nitrogens is 1. The van der Waals surface area contributed by atoms with E-state index in [0.29, 0.717) is 27.5 Å². The van der Waals surface area contributed by atoms with E-state index in [9.17, 15) is 9.90 Å². The fourth-order valence-corrected chi connectivity index (χ4v) is 5.33. The van der Waals surface area contributed by atoms with E-state index in [4.69, 9.17) is 28.2 Å². The second-order valence-corrected chi connectivity index (χ2v) is 10.4. The van der Waals surface area contributed by atoms with Crippen molar-refractivity contribution in [3.8, 4) is 11.3 Å². The summed E-state index contributed by atoms with van der Waals surface area (Å²) < 4.78 is 0. The Hall–Kier alpha value is -2.54. The highest BCUT2D eigenvalue weighted by Crippen LogP contribution is 2.36. The molecule has 0 saturated carbocycles. The summed E-state index contributed by atoms with van der Waals surface area (Å²) in [5.41, 5.74) is 3.77. The van der Waals surface area contributed by atoms with Crippen molar-refractivity contribution in [2.75, 3.05) is 11.9 Å². The first-order chi connectivity index (χ1) is 15.8. The number of aromatic amines is 1. The number of carboxylic acid groups (broad SMARTS) is 1. The number of hydrogen-bond donors (Lipinski definition) is 3. The molecule has 0 aliphatic rings. The summed E-state index contributed by atoms with van der Waals surface area (Å²) in [5, 5.41) is 15.9. The van der Waals surface area contributed by atoms with Crippen LogP contribution in [0.5, 0.6) is 0 Å². The van der Waals surface area contributed by atoms with Gasteiger partial charge in [-0.05, 0) is 42.5 Å². The minimum Gasteiger partial charge on any atom is -0.481 e. The van der Waals surface area contributed by atoms with Gasteiger partial charge in [-0.3, -0.25) is 4.79 Å². The van der Waals surface area contributed by atoms with Gasteiger partial charge in [-0.25, -0.2) is 4.98 Å². The Morgan fingerprint density at radius 3 is 2.67 bits per heavy atom. The molecule has 8 heteroatoms. The van der Waals surface area contributed by atoms with Gasteiger partial charge >= 0.3 is 5.97 Å². The number of carboxylic acids is 1. The van der Waals surface area contributed by atoms with Crippen LogP contribution in [0.15, 0.2) is 48.7 Å². The molecule has 0 fully saturated rings. The summed E-state index contributed by atoms with van der Waals surface area (Å²) >= 11 is 13.9. The maximum absolute atomic E-state index is 12.0. The van der Waals surface area contributed by atoms with Gasteiger partial charge in [0.1, 0.15) is 0 Å². The van der Waals surface area contributed by atoms with Crippen molar-refractivity contribution in [2.24, 2.45) is 11.8 Å². The number of hydrogen-bond acceptors (Lipinski definition) is 4. The van der Waals surface area contributed by atoms with E-state index < -0.39 is 11.9 Å². The first-order valence-corrected chi connectivity index (χ1v) is 12.4. The number of aliphatic carboxylic acids is 1. The van der Waals surface area contributed by atoms with Gasteiger partial charge < -0.3 is 15.4 Å². The number of benzene rings is 2. The number of fused-ring (bicyclic) bond motifs is 1.